The van der Waals surface area contributed by atoms with Gasteiger partial charge in [-0.05, 0) is 0 Å². The van der Waals surface area contributed by atoms with Crippen molar-refractivity contribution < 1.29 is 64.0 Å². The summed E-state index contributed by atoms with van der Waals surface area (Å²) < 4.78 is 1.81. The standard InChI is InChI=1S/C2H3.BrH.Eu/c1-2;;/h1H,2H2;1H;/q;;+1/p-1. The quantitative estimate of drug-likeness (QED) is 0.458. The molecule has 0 aliphatic heterocycles. The summed E-state index contributed by atoms with van der Waals surface area (Å²) in [4.78, 5) is 0. The molecule has 0 heterocycles. The fraction of sp³-hybridized carbons (Fsp3) is 0. The van der Waals surface area contributed by atoms with Crippen molar-refractivity contribution in [1.82, 2.24) is 0 Å². The molecule has 0 spiro atoms. The molecule has 0 nitrogen and oxygen atoms in total. The van der Waals surface area contributed by atoms with Gasteiger partial charge in [0.1, 0.15) is 0 Å². The van der Waals surface area contributed by atoms with Crippen molar-refractivity contribution in [3.8, 4) is 0 Å². The third-order valence-corrected chi connectivity index (χ3v) is 0. The summed E-state index contributed by atoms with van der Waals surface area (Å²) in [6, 6.07) is 0. The Kier molecular flexibility index (Phi) is 20.5. The van der Waals surface area contributed by atoms with Gasteiger partial charge in [-0.1, -0.05) is 0 Å². The zero-order chi connectivity index (χ0) is 2.71. The van der Waals surface area contributed by atoms with Gasteiger partial charge >= 0.3 is 54.1 Å². The zero-order valence-corrected chi connectivity index (χ0v) is 6.05. The fourth-order valence-electron chi connectivity index (χ4n) is 0. The van der Waals surface area contributed by atoms with Gasteiger partial charge in [-0.2, -0.15) is 0 Å². The molecule has 0 aromatic rings. The molecule has 0 aliphatic rings. The van der Waals surface area contributed by atoms with Crippen LogP contribution in [0.2, 0.25) is 0 Å². The number of hydrogen-bond donors (Lipinski definition) is 0. The second-order valence-corrected chi connectivity index (χ2v) is 1.14. The maximum Gasteiger partial charge on any atom is -1.00 e. The van der Waals surface area contributed by atoms with Crippen LogP contribution in [0.4, 0.5) is 0 Å². The maximum atomic E-state index is 3.39. The van der Waals surface area contributed by atoms with Crippen LogP contribution in [0.1, 0.15) is 0 Å². The van der Waals surface area contributed by atoms with Crippen molar-refractivity contribution in [3.05, 3.63) is 7.05 Å². The van der Waals surface area contributed by atoms with Crippen LogP contribution < -0.4 is 17.0 Å². The van der Waals surface area contributed by atoms with E-state index in [2.05, 4.69) is 6.58 Å². The Hall–Kier alpha value is 1.80. The van der Waals surface area contributed by atoms with Gasteiger partial charge in [0.05, 0.1) is 0 Å². The fourth-order valence-corrected chi connectivity index (χ4v) is 0. The first kappa shape index (κ1) is 9.26. The summed E-state index contributed by atoms with van der Waals surface area (Å²) in [7, 11) is 0. The van der Waals surface area contributed by atoms with Crippen LogP contribution in [0, 0.1) is 47.0 Å². The van der Waals surface area contributed by atoms with Gasteiger partial charge in [-0.3, -0.25) is 0 Å². The van der Waals surface area contributed by atoms with Crippen LogP contribution in [0.25, 0.3) is 0 Å². The minimum atomic E-state index is 0. The first-order chi connectivity index (χ1) is 1.41. The van der Waals surface area contributed by atoms with Gasteiger partial charge in [-0.25, -0.2) is 0 Å². The molecule has 0 aromatic heterocycles. The Morgan fingerprint density at radius 2 is 1.75 bits per heavy atom. The molecule has 0 aromatic carbocycles. The third kappa shape index (κ3) is 9.19. The average Bonchev–Trinajstić information content (AvgIpc) is 0.918. The van der Waals surface area contributed by atoms with Crippen LogP contribution in [0.5, 0.6) is 0 Å². The molecule has 0 amide bonds. The molecule has 0 rings (SSSR count). The van der Waals surface area contributed by atoms with Crippen molar-refractivity contribution in [1.29, 1.82) is 0 Å². The monoisotopic (exact) mass is 259 g/mol. The van der Waals surface area contributed by atoms with Gasteiger partial charge in [0.25, 0.3) is 0 Å². The number of halogens is 1. The van der Waals surface area contributed by atoms with Crippen molar-refractivity contribution in [2.24, 2.45) is 0 Å². The summed E-state index contributed by atoms with van der Waals surface area (Å²) in [6.45, 7) is 3.39. The average molecular weight is 259 g/mol. The van der Waals surface area contributed by atoms with E-state index in [1.165, 1.54) is 0 Å². The van der Waals surface area contributed by atoms with E-state index in [1.807, 2.05) is 0 Å². The third-order valence-electron chi connectivity index (χ3n) is 0. The molecule has 2 heteroatoms. The molecule has 0 saturated carbocycles. The molecule has 0 radical (unpaired) electrons. The Bertz CT molecular complexity index is 13.5. The first-order valence-corrected chi connectivity index (χ1v) is 2.03. The molecule has 0 saturated heterocycles. The first-order valence-electron chi connectivity index (χ1n) is 0.626. The second-order valence-electron chi connectivity index (χ2n) is 0.154. The summed E-state index contributed by atoms with van der Waals surface area (Å²) in [5.41, 5.74) is 0. The molecule has 0 unspecified atom stereocenters. The second kappa shape index (κ2) is 8.84. The van der Waals surface area contributed by atoms with Crippen LogP contribution in [-0.2, 0) is 0 Å². The summed E-state index contributed by atoms with van der Waals surface area (Å²) in [5, 5.41) is 0. The summed E-state index contributed by atoms with van der Waals surface area (Å²) in [5.74, 6) is 0. The molecule has 0 atom stereocenters. The topological polar surface area (TPSA) is 0 Å². The van der Waals surface area contributed by atoms with Crippen LogP contribution in [0.3, 0.4) is 0 Å². The van der Waals surface area contributed by atoms with Gasteiger partial charge < -0.3 is 17.0 Å². The number of hydrogen-bond acceptors (Lipinski definition) is 0. The minimum Gasteiger partial charge on any atom is -1.00 e. The van der Waals surface area contributed by atoms with E-state index in [-0.39, 0.29) is 17.0 Å². The van der Waals surface area contributed by atoms with Gasteiger partial charge in [0.15, 0.2) is 0 Å². The van der Waals surface area contributed by atoms with Gasteiger partial charge in [0, 0.05) is 0 Å². The molecule has 4 heavy (non-hydrogen) atoms. The van der Waals surface area contributed by atoms with E-state index in [4.69, 9.17) is 0 Å². The minimum absolute atomic E-state index is 0. The zero-order valence-electron chi connectivity index (χ0n) is 2.04. The van der Waals surface area contributed by atoms with E-state index >= 15 is 0 Å². The Morgan fingerprint density at radius 3 is 1.75 bits per heavy atom. The predicted octanol–water partition coefficient (Wildman–Crippen LogP) is -2.32. The smallest absolute Gasteiger partial charge is 1.00 e. The Labute approximate surface area is 69.5 Å². The van der Waals surface area contributed by atoms with E-state index in [9.17, 15) is 0 Å². The molecule has 0 bridgehead atoms. The molecule has 25 valence electrons. The van der Waals surface area contributed by atoms with Crippen molar-refractivity contribution in [2.45, 2.75) is 0 Å². The Balaban J connectivity index is 0. The normalized spacial score (nSPS) is 3.00. The molecule has 0 aliphatic carbocycles. The van der Waals surface area contributed by atoms with Crippen molar-refractivity contribution in [2.75, 3.05) is 0 Å². The molecule has 0 N–H and O–H groups in total. The van der Waals surface area contributed by atoms with Crippen LogP contribution in [0.15, 0.2) is 7.05 Å². The Morgan fingerprint density at radius 1 is 1.75 bits per heavy atom. The van der Waals surface area contributed by atoms with E-state index in [1.54, 1.807) is 47.5 Å². The van der Waals surface area contributed by atoms with Crippen molar-refractivity contribution >= 4 is 0 Å². The predicted molar refractivity (Wildman–Crippen MR) is 10.2 cm³/mol. The maximum absolute atomic E-state index is 3.39. The van der Waals surface area contributed by atoms with Gasteiger partial charge in [0.2, 0.25) is 0 Å². The van der Waals surface area contributed by atoms with E-state index in [0.717, 1.165) is 0 Å². The number of rotatable bonds is 0. The van der Waals surface area contributed by atoms with Crippen molar-refractivity contribution in [3.63, 3.8) is 0 Å². The molecular weight excluding hydrogens is 256 g/mol. The SMILES string of the molecule is C=[CH][Eu+].[Br-]. The molecular formula is C2H3BrEu. The van der Waals surface area contributed by atoms with E-state index in [0.29, 0.717) is 0 Å². The van der Waals surface area contributed by atoms with Crippen LogP contribution in [-0.4, -0.2) is 0 Å². The largest absolute Gasteiger partial charge is 1.00 e. The molecule has 0 fully saturated rings. The van der Waals surface area contributed by atoms with Crippen LogP contribution >= 0.6 is 0 Å². The van der Waals surface area contributed by atoms with Gasteiger partial charge in [-0.15, -0.1) is 0 Å². The summed E-state index contributed by atoms with van der Waals surface area (Å²) >= 11 is 1.59. The summed E-state index contributed by atoms with van der Waals surface area (Å²) in [6.07, 6.45) is 0. The van der Waals surface area contributed by atoms with E-state index < -0.39 is 0 Å².